The molecule has 3 N–H and O–H groups in total. The van der Waals surface area contributed by atoms with E-state index in [1.807, 2.05) is 64.1 Å². The van der Waals surface area contributed by atoms with Gasteiger partial charge in [0.2, 0.25) is 0 Å². The number of phenols is 3. The third kappa shape index (κ3) is 3.92. The molecule has 0 fully saturated rings. The summed E-state index contributed by atoms with van der Waals surface area (Å²) in [4.78, 5) is 13.9. The average Bonchev–Trinajstić information content (AvgIpc) is 2.67. The minimum absolute atomic E-state index is 0.0391. The van der Waals surface area contributed by atoms with Crippen molar-refractivity contribution in [1.29, 1.82) is 0 Å². The molecule has 31 heavy (non-hydrogen) atoms. The summed E-state index contributed by atoms with van der Waals surface area (Å²) in [6.07, 6.45) is 0. The molecule has 0 bridgehead atoms. The van der Waals surface area contributed by atoms with Crippen molar-refractivity contribution in [1.82, 2.24) is 15.0 Å². The SMILES string of the molecule is Cc1ccc(-c2nc(-c3ccc(C)cc3C)nc(-c3c(O)cc(O)cc3O)n2)c(C)c1. The maximum atomic E-state index is 10.4. The number of aromatic nitrogens is 3. The van der Waals surface area contributed by atoms with Crippen LogP contribution < -0.4 is 0 Å². The molecule has 0 aliphatic carbocycles. The smallest absolute Gasteiger partial charge is 0.171 e. The molecule has 4 rings (SSSR count). The Bertz CT molecular complexity index is 1220. The molecule has 0 saturated heterocycles. The summed E-state index contributed by atoms with van der Waals surface area (Å²) in [5.74, 6) is 0.101. The highest BCUT2D eigenvalue weighted by Crippen LogP contribution is 2.40. The Morgan fingerprint density at radius 1 is 0.548 bits per heavy atom. The van der Waals surface area contributed by atoms with E-state index in [4.69, 9.17) is 4.98 Å². The van der Waals surface area contributed by atoms with E-state index in [1.165, 1.54) is 0 Å². The van der Waals surface area contributed by atoms with E-state index in [1.54, 1.807) is 0 Å². The Kier molecular flexibility index (Phi) is 5.07. The average molecular weight is 413 g/mol. The summed E-state index contributed by atoms with van der Waals surface area (Å²) in [7, 11) is 0. The van der Waals surface area contributed by atoms with E-state index in [-0.39, 0.29) is 28.6 Å². The molecule has 6 heteroatoms. The molecule has 0 radical (unpaired) electrons. The van der Waals surface area contributed by atoms with Gasteiger partial charge < -0.3 is 15.3 Å². The van der Waals surface area contributed by atoms with Crippen molar-refractivity contribution < 1.29 is 15.3 Å². The van der Waals surface area contributed by atoms with Gasteiger partial charge in [0.05, 0.1) is 0 Å². The van der Waals surface area contributed by atoms with Gasteiger partial charge >= 0.3 is 0 Å². The number of rotatable bonds is 3. The fourth-order valence-corrected chi connectivity index (χ4v) is 3.68. The monoisotopic (exact) mass is 413 g/mol. The van der Waals surface area contributed by atoms with Crippen molar-refractivity contribution in [2.24, 2.45) is 0 Å². The van der Waals surface area contributed by atoms with Crippen LogP contribution in [-0.2, 0) is 0 Å². The zero-order valence-corrected chi connectivity index (χ0v) is 17.8. The molecule has 0 atom stereocenters. The maximum Gasteiger partial charge on any atom is 0.171 e. The number of aromatic hydroxyl groups is 3. The van der Waals surface area contributed by atoms with Gasteiger partial charge in [-0.25, -0.2) is 15.0 Å². The Morgan fingerprint density at radius 3 is 1.39 bits per heavy atom. The van der Waals surface area contributed by atoms with Gasteiger partial charge in [-0.05, 0) is 38.8 Å². The second-order valence-electron chi connectivity index (χ2n) is 7.80. The molecule has 0 spiro atoms. The second-order valence-corrected chi connectivity index (χ2v) is 7.80. The van der Waals surface area contributed by atoms with E-state index in [2.05, 4.69) is 9.97 Å². The molecule has 1 heterocycles. The van der Waals surface area contributed by atoms with Gasteiger partial charge in [-0.2, -0.15) is 0 Å². The van der Waals surface area contributed by atoms with Crippen molar-refractivity contribution in [2.75, 3.05) is 0 Å². The Balaban J connectivity index is 2.02. The highest BCUT2D eigenvalue weighted by molar-refractivity contribution is 5.76. The quantitative estimate of drug-likeness (QED) is 0.426. The van der Waals surface area contributed by atoms with Gasteiger partial charge in [0, 0.05) is 23.3 Å². The topological polar surface area (TPSA) is 99.4 Å². The molecule has 0 amide bonds. The minimum Gasteiger partial charge on any atom is -0.508 e. The summed E-state index contributed by atoms with van der Waals surface area (Å²) in [6, 6.07) is 14.3. The van der Waals surface area contributed by atoms with Crippen LogP contribution in [0, 0.1) is 27.7 Å². The second kappa shape index (κ2) is 7.72. The molecular weight excluding hydrogens is 390 g/mol. The van der Waals surface area contributed by atoms with E-state index in [0.717, 1.165) is 45.5 Å². The Morgan fingerprint density at radius 2 is 0.968 bits per heavy atom. The van der Waals surface area contributed by atoms with Gasteiger partial charge in [-0.15, -0.1) is 0 Å². The Hall–Kier alpha value is -3.93. The first-order valence-electron chi connectivity index (χ1n) is 9.89. The van der Waals surface area contributed by atoms with Gasteiger partial charge in [0.25, 0.3) is 0 Å². The van der Waals surface area contributed by atoms with E-state index < -0.39 is 0 Å². The zero-order valence-electron chi connectivity index (χ0n) is 17.8. The van der Waals surface area contributed by atoms with Crippen molar-refractivity contribution >= 4 is 0 Å². The molecule has 0 unspecified atom stereocenters. The third-order valence-electron chi connectivity index (χ3n) is 5.19. The number of benzene rings is 3. The van der Waals surface area contributed by atoms with Crippen molar-refractivity contribution in [3.63, 3.8) is 0 Å². The first kappa shape index (κ1) is 20.3. The third-order valence-corrected chi connectivity index (χ3v) is 5.19. The molecule has 3 aromatic carbocycles. The van der Waals surface area contributed by atoms with Gasteiger partial charge in [-0.3, -0.25) is 0 Å². The lowest BCUT2D eigenvalue weighted by Gasteiger charge is -2.13. The lowest BCUT2D eigenvalue weighted by Crippen LogP contribution is -2.02. The first-order valence-corrected chi connectivity index (χ1v) is 9.89. The van der Waals surface area contributed by atoms with Crippen LogP contribution in [0.4, 0.5) is 0 Å². The van der Waals surface area contributed by atoms with E-state index in [9.17, 15) is 15.3 Å². The van der Waals surface area contributed by atoms with Crippen LogP contribution in [0.5, 0.6) is 17.2 Å². The van der Waals surface area contributed by atoms with Crippen LogP contribution in [0.15, 0.2) is 48.5 Å². The minimum atomic E-state index is -0.318. The highest BCUT2D eigenvalue weighted by Gasteiger charge is 2.20. The van der Waals surface area contributed by atoms with Crippen LogP contribution in [0.3, 0.4) is 0 Å². The number of hydrogen-bond acceptors (Lipinski definition) is 6. The van der Waals surface area contributed by atoms with Crippen LogP contribution in [0.2, 0.25) is 0 Å². The zero-order chi connectivity index (χ0) is 22.3. The van der Waals surface area contributed by atoms with Crippen molar-refractivity contribution in [3.8, 4) is 51.4 Å². The predicted octanol–water partition coefficient (Wildman–Crippen LogP) is 5.22. The number of aryl methyl sites for hydroxylation is 4. The van der Waals surface area contributed by atoms with Crippen molar-refractivity contribution in [2.45, 2.75) is 27.7 Å². The fraction of sp³-hybridized carbons (Fsp3) is 0.160. The molecule has 156 valence electrons. The largest absolute Gasteiger partial charge is 0.508 e. The fourth-order valence-electron chi connectivity index (χ4n) is 3.68. The van der Waals surface area contributed by atoms with Crippen LogP contribution in [-0.4, -0.2) is 30.3 Å². The van der Waals surface area contributed by atoms with E-state index in [0.29, 0.717) is 11.6 Å². The lowest BCUT2D eigenvalue weighted by atomic mass is 10.0. The normalized spacial score (nSPS) is 11.0. The first-order chi connectivity index (χ1) is 14.7. The van der Waals surface area contributed by atoms with Crippen molar-refractivity contribution in [3.05, 3.63) is 70.8 Å². The molecule has 4 aromatic rings. The lowest BCUT2D eigenvalue weighted by molar-refractivity contribution is 0.430. The van der Waals surface area contributed by atoms with Crippen LogP contribution >= 0.6 is 0 Å². The maximum absolute atomic E-state index is 10.4. The van der Waals surface area contributed by atoms with Gasteiger partial charge in [-0.1, -0.05) is 47.5 Å². The molecule has 1 aromatic heterocycles. The molecule has 0 aliphatic rings. The summed E-state index contributed by atoms with van der Waals surface area (Å²) < 4.78 is 0. The molecule has 0 saturated carbocycles. The van der Waals surface area contributed by atoms with E-state index >= 15 is 0 Å². The summed E-state index contributed by atoms with van der Waals surface area (Å²) >= 11 is 0. The highest BCUT2D eigenvalue weighted by atomic mass is 16.3. The summed E-state index contributed by atoms with van der Waals surface area (Å²) in [5.41, 5.74) is 5.96. The molecular formula is C25H23N3O3. The number of nitrogens with zero attached hydrogens (tertiary/aromatic N) is 3. The van der Waals surface area contributed by atoms with Gasteiger partial charge in [0.1, 0.15) is 22.8 Å². The Labute approximate surface area is 180 Å². The standard InChI is InChI=1S/C25H23N3O3/c1-13-5-7-18(15(3)9-13)23-26-24(19-8-6-14(2)10-16(19)4)28-25(27-23)22-20(30)11-17(29)12-21(22)31/h5-12,29-31H,1-4H3. The summed E-state index contributed by atoms with van der Waals surface area (Å²) in [5, 5.41) is 30.5. The van der Waals surface area contributed by atoms with Gasteiger partial charge in [0.15, 0.2) is 17.5 Å². The summed E-state index contributed by atoms with van der Waals surface area (Å²) in [6.45, 7) is 8.00. The number of hydrogen-bond donors (Lipinski definition) is 3. The van der Waals surface area contributed by atoms with Crippen LogP contribution in [0.25, 0.3) is 34.2 Å². The molecule has 0 aliphatic heterocycles. The molecule has 6 nitrogen and oxygen atoms in total. The predicted molar refractivity (Wildman–Crippen MR) is 120 cm³/mol. The number of phenolic OH excluding ortho intramolecular Hbond substituents is 3. The van der Waals surface area contributed by atoms with Crippen LogP contribution in [0.1, 0.15) is 22.3 Å².